The third kappa shape index (κ3) is 1.13. The van der Waals surface area contributed by atoms with E-state index in [2.05, 4.69) is 4.98 Å². The summed E-state index contributed by atoms with van der Waals surface area (Å²) in [5, 5.41) is 11.9. The molecule has 0 spiro atoms. The van der Waals surface area contributed by atoms with Crippen LogP contribution in [0.2, 0.25) is 0 Å². The molecule has 3 heteroatoms. The second-order valence-electron chi connectivity index (χ2n) is 2.29. The zero-order valence-electron chi connectivity index (χ0n) is 5.82. The zero-order valence-corrected chi connectivity index (χ0v) is 6.64. The fraction of sp³-hybridized carbons (Fsp3) is 0.125. The first-order valence-corrected chi connectivity index (χ1v) is 4.21. The van der Waals surface area contributed by atoms with Crippen molar-refractivity contribution in [2.24, 2.45) is 0 Å². The topological polar surface area (TPSA) is 33.1 Å². The van der Waals surface area contributed by atoms with Crippen molar-refractivity contribution in [3.63, 3.8) is 0 Å². The van der Waals surface area contributed by atoms with E-state index < -0.39 is 0 Å². The van der Waals surface area contributed by atoms with Gasteiger partial charge in [0.25, 0.3) is 0 Å². The SMILES string of the molecule is OCc1cc2sccc2cn1. The quantitative estimate of drug-likeness (QED) is 0.698. The number of aliphatic hydroxyl groups excluding tert-OH is 1. The molecule has 0 aliphatic heterocycles. The lowest BCUT2D eigenvalue weighted by molar-refractivity contribution is 0.277. The van der Waals surface area contributed by atoms with Gasteiger partial charge in [-0.2, -0.15) is 0 Å². The van der Waals surface area contributed by atoms with Crippen LogP contribution in [0, 0.1) is 0 Å². The van der Waals surface area contributed by atoms with Crippen LogP contribution >= 0.6 is 11.3 Å². The van der Waals surface area contributed by atoms with Crippen LogP contribution in [0.3, 0.4) is 0 Å². The molecule has 0 radical (unpaired) electrons. The maximum absolute atomic E-state index is 8.78. The molecule has 0 saturated carbocycles. The van der Waals surface area contributed by atoms with Crippen LogP contribution in [0.4, 0.5) is 0 Å². The van der Waals surface area contributed by atoms with Gasteiger partial charge in [-0.15, -0.1) is 11.3 Å². The van der Waals surface area contributed by atoms with Gasteiger partial charge >= 0.3 is 0 Å². The summed E-state index contributed by atoms with van der Waals surface area (Å²) in [4.78, 5) is 4.05. The molecule has 0 atom stereocenters. The van der Waals surface area contributed by atoms with E-state index >= 15 is 0 Å². The average molecular weight is 165 g/mol. The minimum absolute atomic E-state index is 0.0217. The number of hydrogen-bond donors (Lipinski definition) is 1. The zero-order chi connectivity index (χ0) is 7.68. The van der Waals surface area contributed by atoms with Crippen LogP contribution in [-0.2, 0) is 6.61 Å². The Morgan fingerprint density at radius 3 is 3.27 bits per heavy atom. The van der Waals surface area contributed by atoms with Gasteiger partial charge in [-0.3, -0.25) is 4.98 Å². The van der Waals surface area contributed by atoms with Crippen LogP contribution in [0.25, 0.3) is 10.1 Å². The first kappa shape index (κ1) is 6.76. The van der Waals surface area contributed by atoms with Gasteiger partial charge in [0, 0.05) is 16.3 Å². The lowest BCUT2D eigenvalue weighted by atomic mass is 10.3. The summed E-state index contributed by atoms with van der Waals surface area (Å²) in [6, 6.07) is 3.94. The molecule has 2 nitrogen and oxygen atoms in total. The van der Waals surface area contributed by atoms with Gasteiger partial charge in [-0.05, 0) is 17.5 Å². The molecule has 0 saturated heterocycles. The summed E-state index contributed by atoms with van der Waals surface area (Å²) in [5.41, 5.74) is 0.736. The second-order valence-corrected chi connectivity index (χ2v) is 3.24. The first-order chi connectivity index (χ1) is 5.40. The molecule has 2 aromatic heterocycles. The van der Waals surface area contributed by atoms with Gasteiger partial charge < -0.3 is 5.11 Å². The van der Waals surface area contributed by atoms with E-state index in [-0.39, 0.29) is 6.61 Å². The summed E-state index contributed by atoms with van der Waals surface area (Å²) in [6.07, 6.45) is 1.79. The molecule has 0 aliphatic carbocycles. The van der Waals surface area contributed by atoms with E-state index in [0.29, 0.717) is 0 Å². The van der Waals surface area contributed by atoms with Gasteiger partial charge in [-0.25, -0.2) is 0 Å². The van der Waals surface area contributed by atoms with Gasteiger partial charge in [0.15, 0.2) is 0 Å². The summed E-state index contributed by atoms with van der Waals surface area (Å²) in [5.74, 6) is 0. The number of fused-ring (bicyclic) bond motifs is 1. The summed E-state index contributed by atoms with van der Waals surface area (Å²) in [6.45, 7) is 0.0217. The van der Waals surface area contributed by atoms with Crippen LogP contribution in [-0.4, -0.2) is 10.1 Å². The predicted octanol–water partition coefficient (Wildman–Crippen LogP) is 1.79. The van der Waals surface area contributed by atoms with Crippen molar-refractivity contribution in [2.75, 3.05) is 0 Å². The van der Waals surface area contributed by atoms with Gasteiger partial charge in [0.05, 0.1) is 12.3 Å². The Bertz CT molecular complexity index is 369. The van der Waals surface area contributed by atoms with Crippen LogP contribution in [0.1, 0.15) is 5.69 Å². The first-order valence-electron chi connectivity index (χ1n) is 3.33. The number of hydrogen-bond acceptors (Lipinski definition) is 3. The highest BCUT2D eigenvalue weighted by Gasteiger charge is 1.96. The molecule has 1 N–H and O–H groups in total. The third-order valence-electron chi connectivity index (χ3n) is 1.56. The number of nitrogens with zero attached hydrogens (tertiary/aromatic N) is 1. The fourth-order valence-corrected chi connectivity index (χ4v) is 1.80. The summed E-state index contributed by atoms with van der Waals surface area (Å²) >= 11 is 1.67. The van der Waals surface area contributed by atoms with E-state index in [0.717, 1.165) is 11.1 Å². The molecule has 0 aromatic carbocycles. The molecular formula is C8H7NOS. The minimum Gasteiger partial charge on any atom is -0.390 e. The van der Waals surface area contributed by atoms with Crippen molar-refractivity contribution in [3.05, 3.63) is 29.4 Å². The smallest absolute Gasteiger partial charge is 0.0853 e. The molecule has 0 fully saturated rings. The van der Waals surface area contributed by atoms with Gasteiger partial charge in [0.1, 0.15) is 0 Å². The lowest BCUT2D eigenvalue weighted by Gasteiger charge is -1.93. The fourth-order valence-electron chi connectivity index (χ4n) is 0.982. The maximum atomic E-state index is 8.78. The number of pyridine rings is 1. The predicted molar refractivity (Wildman–Crippen MR) is 45.5 cm³/mol. The van der Waals surface area contributed by atoms with Crippen molar-refractivity contribution >= 4 is 21.4 Å². The Kier molecular flexibility index (Phi) is 1.60. The maximum Gasteiger partial charge on any atom is 0.0853 e. The number of aliphatic hydroxyl groups is 1. The second kappa shape index (κ2) is 2.60. The molecule has 0 unspecified atom stereocenters. The molecule has 0 aliphatic rings. The van der Waals surface area contributed by atoms with Crippen molar-refractivity contribution in [1.29, 1.82) is 0 Å². The van der Waals surface area contributed by atoms with Crippen LogP contribution in [0.5, 0.6) is 0 Å². The number of rotatable bonds is 1. The Morgan fingerprint density at radius 2 is 2.45 bits per heavy atom. The molecule has 2 heterocycles. The minimum atomic E-state index is 0.0217. The van der Waals surface area contributed by atoms with Gasteiger partial charge in [-0.1, -0.05) is 0 Å². The lowest BCUT2D eigenvalue weighted by Crippen LogP contribution is -1.85. The van der Waals surface area contributed by atoms with E-state index in [1.54, 1.807) is 17.5 Å². The summed E-state index contributed by atoms with van der Waals surface area (Å²) in [7, 11) is 0. The Labute approximate surface area is 68.1 Å². The van der Waals surface area contributed by atoms with Crippen molar-refractivity contribution in [1.82, 2.24) is 4.98 Å². The molecular weight excluding hydrogens is 158 g/mol. The van der Waals surface area contributed by atoms with Crippen molar-refractivity contribution in [2.45, 2.75) is 6.61 Å². The number of aromatic nitrogens is 1. The average Bonchev–Trinajstić information content (AvgIpc) is 2.50. The molecule has 2 aromatic rings. The molecule has 0 bridgehead atoms. The van der Waals surface area contributed by atoms with E-state index in [1.165, 1.54) is 4.70 Å². The van der Waals surface area contributed by atoms with Crippen molar-refractivity contribution < 1.29 is 5.11 Å². The molecule has 56 valence electrons. The largest absolute Gasteiger partial charge is 0.390 e. The Balaban J connectivity index is 2.67. The van der Waals surface area contributed by atoms with E-state index in [1.807, 2.05) is 17.5 Å². The Hall–Kier alpha value is -0.930. The van der Waals surface area contributed by atoms with Crippen LogP contribution < -0.4 is 0 Å². The standard InChI is InChI=1S/C8H7NOS/c10-5-7-3-8-6(4-9-7)1-2-11-8/h1-4,10H,5H2. The van der Waals surface area contributed by atoms with E-state index in [4.69, 9.17) is 5.11 Å². The Morgan fingerprint density at radius 1 is 1.55 bits per heavy atom. The number of thiophene rings is 1. The highest BCUT2D eigenvalue weighted by molar-refractivity contribution is 7.17. The third-order valence-corrected chi connectivity index (χ3v) is 2.44. The highest BCUT2D eigenvalue weighted by atomic mass is 32.1. The molecule has 0 amide bonds. The normalized spacial score (nSPS) is 10.6. The highest BCUT2D eigenvalue weighted by Crippen LogP contribution is 2.19. The van der Waals surface area contributed by atoms with Crippen LogP contribution in [0.15, 0.2) is 23.7 Å². The van der Waals surface area contributed by atoms with Crippen molar-refractivity contribution in [3.8, 4) is 0 Å². The monoisotopic (exact) mass is 165 g/mol. The molecule has 11 heavy (non-hydrogen) atoms. The van der Waals surface area contributed by atoms with E-state index in [9.17, 15) is 0 Å². The van der Waals surface area contributed by atoms with Gasteiger partial charge in [0.2, 0.25) is 0 Å². The summed E-state index contributed by atoms with van der Waals surface area (Å²) < 4.78 is 1.18. The molecule has 2 rings (SSSR count).